The number of hydrogen-bond donors (Lipinski definition) is 1. The Morgan fingerprint density at radius 1 is 1.65 bits per heavy atom. The second kappa shape index (κ2) is 4.77. The molecule has 1 aliphatic carbocycles. The van der Waals surface area contributed by atoms with E-state index in [4.69, 9.17) is 4.74 Å². The maximum Gasteiger partial charge on any atom is 0.243 e. The molecule has 1 spiro atoms. The third kappa shape index (κ3) is 2.21. The molecule has 1 atom stereocenters. The lowest BCUT2D eigenvalue weighted by Crippen LogP contribution is -2.40. The SMILES string of the molecule is C=CC(=O)NC1CN(c2nccc(OC)n2)CC12CC2. The van der Waals surface area contributed by atoms with E-state index in [0.717, 1.165) is 25.9 Å². The van der Waals surface area contributed by atoms with Gasteiger partial charge in [-0.15, -0.1) is 0 Å². The number of anilines is 1. The number of amides is 1. The van der Waals surface area contributed by atoms with Gasteiger partial charge < -0.3 is 15.0 Å². The Kier molecular flexibility index (Phi) is 3.08. The molecule has 6 heteroatoms. The minimum atomic E-state index is -0.116. The third-order valence-electron chi connectivity index (χ3n) is 4.15. The first-order valence-electron chi connectivity index (χ1n) is 6.72. The first-order chi connectivity index (χ1) is 9.66. The van der Waals surface area contributed by atoms with Crippen LogP contribution >= 0.6 is 0 Å². The van der Waals surface area contributed by atoms with Crippen LogP contribution < -0.4 is 15.0 Å². The van der Waals surface area contributed by atoms with Crippen molar-refractivity contribution >= 4 is 11.9 Å². The van der Waals surface area contributed by atoms with Crippen LogP contribution in [0, 0.1) is 5.41 Å². The standard InChI is InChI=1S/C14H18N4O2/c1-3-11(19)16-10-8-18(9-14(10)5-6-14)13-15-7-4-12(17-13)20-2/h3-4,7,10H,1,5-6,8-9H2,2H3,(H,16,19). The molecule has 0 radical (unpaired) electrons. The first kappa shape index (κ1) is 12.9. The van der Waals surface area contributed by atoms with Gasteiger partial charge in [0.1, 0.15) is 0 Å². The third-order valence-corrected chi connectivity index (χ3v) is 4.15. The number of nitrogens with one attached hydrogen (secondary N) is 1. The van der Waals surface area contributed by atoms with Crippen molar-refractivity contribution in [3.63, 3.8) is 0 Å². The zero-order valence-electron chi connectivity index (χ0n) is 11.5. The molecule has 6 nitrogen and oxygen atoms in total. The van der Waals surface area contributed by atoms with Crippen LogP contribution in [0.1, 0.15) is 12.8 Å². The number of nitrogens with zero attached hydrogens (tertiary/aromatic N) is 3. The van der Waals surface area contributed by atoms with Crippen molar-refractivity contribution < 1.29 is 9.53 Å². The summed E-state index contributed by atoms with van der Waals surface area (Å²) in [5.41, 5.74) is 0.186. The van der Waals surface area contributed by atoms with E-state index in [9.17, 15) is 4.79 Å². The molecule has 1 saturated heterocycles. The highest BCUT2D eigenvalue weighted by atomic mass is 16.5. The largest absolute Gasteiger partial charge is 0.481 e. The minimum absolute atomic E-state index is 0.116. The van der Waals surface area contributed by atoms with E-state index in [2.05, 4.69) is 26.8 Å². The zero-order valence-corrected chi connectivity index (χ0v) is 11.5. The summed E-state index contributed by atoms with van der Waals surface area (Å²) in [6, 6.07) is 1.87. The fourth-order valence-electron chi connectivity index (χ4n) is 2.82. The van der Waals surface area contributed by atoms with Crippen LogP contribution in [0.2, 0.25) is 0 Å². The van der Waals surface area contributed by atoms with Gasteiger partial charge in [0, 0.05) is 30.8 Å². The van der Waals surface area contributed by atoms with Gasteiger partial charge in [-0.2, -0.15) is 4.98 Å². The summed E-state index contributed by atoms with van der Waals surface area (Å²) in [5, 5.41) is 3.02. The highest BCUT2D eigenvalue weighted by Crippen LogP contribution is 2.53. The zero-order chi connectivity index (χ0) is 14.2. The second-order valence-electron chi connectivity index (χ2n) is 5.41. The molecule has 1 aromatic rings. The second-order valence-corrected chi connectivity index (χ2v) is 5.41. The van der Waals surface area contributed by atoms with Gasteiger partial charge in [-0.1, -0.05) is 6.58 Å². The van der Waals surface area contributed by atoms with Gasteiger partial charge in [0.05, 0.1) is 13.2 Å². The predicted octanol–water partition coefficient (Wildman–Crippen LogP) is 0.756. The van der Waals surface area contributed by atoms with Crippen molar-refractivity contribution in [2.24, 2.45) is 5.41 Å². The molecular weight excluding hydrogens is 256 g/mol. The molecule has 0 bridgehead atoms. The highest BCUT2D eigenvalue weighted by Gasteiger charge is 2.56. The summed E-state index contributed by atoms with van der Waals surface area (Å²) in [6.45, 7) is 5.11. The van der Waals surface area contributed by atoms with Crippen molar-refractivity contribution in [1.29, 1.82) is 0 Å². The molecule has 1 aliphatic heterocycles. The van der Waals surface area contributed by atoms with Crippen molar-refractivity contribution in [2.45, 2.75) is 18.9 Å². The molecule has 1 N–H and O–H groups in total. The summed E-state index contributed by atoms with van der Waals surface area (Å²) >= 11 is 0. The van der Waals surface area contributed by atoms with Crippen LogP contribution in [0.3, 0.4) is 0 Å². The lowest BCUT2D eigenvalue weighted by Gasteiger charge is -2.17. The summed E-state index contributed by atoms with van der Waals surface area (Å²) in [6.07, 6.45) is 5.28. The maximum atomic E-state index is 11.5. The summed E-state index contributed by atoms with van der Waals surface area (Å²) < 4.78 is 5.13. The van der Waals surface area contributed by atoms with E-state index >= 15 is 0 Å². The Morgan fingerprint density at radius 2 is 2.45 bits per heavy atom. The van der Waals surface area contributed by atoms with E-state index in [1.807, 2.05) is 0 Å². The molecule has 106 valence electrons. The molecule has 1 amide bonds. The Labute approximate surface area is 117 Å². The lowest BCUT2D eigenvalue weighted by molar-refractivity contribution is -0.117. The van der Waals surface area contributed by atoms with E-state index in [1.165, 1.54) is 6.08 Å². The van der Waals surface area contributed by atoms with Gasteiger partial charge in [-0.05, 0) is 18.9 Å². The molecular formula is C14H18N4O2. The fourth-order valence-corrected chi connectivity index (χ4v) is 2.82. The number of ether oxygens (including phenoxy) is 1. The normalized spacial score (nSPS) is 22.6. The average Bonchev–Trinajstić information content (AvgIpc) is 3.17. The predicted molar refractivity (Wildman–Crippen MR) is 74.6 cm³/mol. The molecule has 2 aliphatic rings. The van der Waals surface area contributed by atoms with E-state index in [1.54, 1.807) is 19.4 Å². The molecule has 1 aromatic heterocycles. The number of methoxy groups -OCH3 is 1. The summed E-state index contributed by atoms with van der Waals surface area (Å²) in [7, 11) is 1.59. The Balaban J connectivity index is 1.76. The first-order valence-corrected chi connectivity index (χ1v) is 6.72. The quantitative estimate of drug-likeness (QED) is 0.821. The topological polar surface area (TPSA) is 67.4 Å². The number of aromatic nitrogens is 2. The molecule has 3 rings (SSSR count). The molecule has 1 unspecified atom stereocenters. The van der Waals surface area contributed by atoms with Crippen LogP contribution in [-0.4, -0.2) is 42.1 Å². The summed E-state index contributed by atoms with van der Waals surface area (Å²) in [4.78, 5) is 22.3. The molecule has 2 heterocycles. The van der Waals surface area contributed by atoms with Gasteiger partial charge >= 0.3 is 0 Å². The van der Waals surface area contributed by atoms with Crippen molar-refractivity contribution in [3.8, 4) is 5.88 Å². The highest BCUT2D eigenvalue weighted by molar-refractivity contribution is 5.87. The van der Waals surface area contributed by atoms with Crippen LogP contribution in [0.25, 0.3) is 0 Å². The van der Waals surface area contributed by atoms with Crippen molar-refractivity contribution in [1.82, 2.24) is 15.3 Å². The van der Waals surface area contributed by atoms with Gasteiger partial charge in [0.25, 0.3) is 0 Å². The fraction of sp³-hybridized carbons (Fsp3) is 0.500. The van der Waals surface area contributed by atoms with E-state index in [-0.39, 0.29) is 17.4 Å². The molecule has 1 saturated carbocycles. The van der Waals surface area contributed by atoms with Crippen LogP contribution in [0.15, 0.2) is 24.9 Å². The van der Waals surface area contributed by atoms with Crippen LogP contribution in [0.4, 0.5) is 5.95 Å². The van der Waals surface area contributed by atoms with Crippen molar-refractivity contribution in [3.05, 3.63) is 24.9 Å². The molecule has 0 aromatic carbocycles. The maximum absolute atomic E-state index is 11.5. The number of rotatable bonds is 4. The Hall–Kier alpha value is -2.11. The number of carbonyl (C=O) groups is 1. The van der Waals surface area contributed by atoms with E-state index < -0.39 is 0 Å². The summed E-state index contributed by atoms with van der Waals surface area (Å²) in [5.74, 6) is 1.10. The van der Waals surface area contributed by atoms with Crippen LogP contribution in [0.5, 0.6) is 5.88 Å². The van der Waals surface area contributed by atoms with Gasteiger partial charge in [-0.25, -0.2) is 4.98 Å². The monoisotopic (exact) mass is 274 g/mol. The molecule has 20 heavy (non-hydrogen) atoms. The van der Waals surface area contributed by atoms with E-state index in [0.29, 0.717) is 11.8 Å². The van der Waals surface area contributed by atoms with Gasteiger partial charge in [0.15, 0.2) is 0 Å². The van der Waals surface area contributed by atoms with Crippen LogP contribution in [-0.2, 0) is 4.79 Å². The smallest absolute Gasteiger partial charge is 0.243 e. The number of hydrogen-bond acceptors (Lipinski definition) is 5. The minimum Gasteiger partial charge on any atom is -0.481 e. The molecule has 2 fully saturated rings. The van der Waals surface area contributed by atoms with Crippen molar-refractivity contribution in [2.75, 3.05) is 25.1 Å². The number of carbonyl (C=O) groups excluding carboxylic acids is 1. The van der Waals surface area contributed by atoms with Gasteiger partial charge in [-0.3, -0.25) is 4.79 Å². The van der Waals surface area contributed by atoms with Gasteiger partial charge in [0.2, 0.25) is 17.7 Å². The Morgan fingerprint density at radius 3 is 3.10 bits per heavy atom. The average molecular weight is 274 g/mol. The lowest BCUT2D eigenvalue weighted by atomic mass is 10.0. The Bertz CT molecular complexity index is 542.